The van der Waals surface area contributed by atoms with E-state index in [1.54, 1.807) is 0 Å². The van der Waals surface area contributed by atoms with Crippen molar-refractivity contribution in [1.82, 2.24) is 14.4 Å². The van der Waals surface area contributed by atoms with Gasteiger partial charge in [-0.15, -0.1) is 0 Å². The molecule has 0 amide bonds. The van der Waals surface area contributed by atoms with E-state index in [0.717, 1.165) is 29.7 Å². The molecule has 0 radical (unpaired) electrons. The molecule has 1 atom stereocenters. The van der Waals surface area contributed by atoms with E-state index in [4.69, 9.17) is 4.98 Å². The van der Waals surface area contributed by atoms with Crippen LogP contribution in [0.2, 0.25) is 0 Å². The van der Waals surface area contributed by atoms with Crippen LogP contribution < -0.4 is 10.2 Å². The normalized spacial score (nSPS) is 23.3. The van der Waals surface area contributed by atoms with Gasteiger partial charge in [0, 0.05) is 32.0 Å². The predicted molar refractivity (Wildman–Crippen MR) is 84.9 cm³/mol. The van der Waals surface area contributed by atoms with Gasteiger partial charge in [-0.1, -0.05) is 12.8 Å². The van der Waals surface area contributed by atoms with Crippen LogP contribution in [0.5, 0.6) is 0 Å². The minimum absolute atomic E-state index is 0.660. The Hall–Kier alpha value is -1.78. The lowest BCUT2D eigenvalue weighted by Gasteiger charge is -2.30. The highest BCUT2D eigenvalue weighted by atomic mass is 15.3. The van der Waals surface area contributed by atoms with Gasteiger partial charge in [-0.25, -0.2) is 9.97 Å². The molecule has 3 heterocycles. The van der Waals surface area contributed by atoms with Crippen LogP contribution >= 0.6 is 0 Å². The molecule has 5 heteroatoms. The molecule has 2 aromatic rings. The van der Waals surface area contributed by atoms with Gasteiger partial charge in [0.25, 0.3) is 0 Å². The molecule has 1 N–H and O–H groups in total. The van der Waals surface area contributed by atoms with Crippen LogP contribution in [0.4, 0.5) is 11.6 Å². The molecule has 2 fully saturated rings. The summed E-state index contributed by atoms with van der Waals surface area (Å²) in [6.45, 7) is 1.11. The Bertz CT molecular complexity index is 629. The maximum absolute atomic E-state index is 4.83. The molecular weight excluding hydrogens is 262 g/mol. The van der Waals surface area contributed by atoms with Gasteiger partial charge in [-0.05, 0) is 31.6 Å². The van der Waals surface area contributed by atoms with Crippen LogP contribution in [-0.4, -0.2) is 34.0 Å². The van der Waals surface area contributed by atoms with Crippen LogP contribution in [0.25, 0.3) is 5.65 Å². The van der Waals surface area contributed by atoms with E-state index in [0.29, 0.717) is 6.04 Å². The molecule has 0 bridgehead atoms. The van der Waals surface area contributed by atoms with Crippen molar-refractivity contribution in [2.45, 2.75) is 44.6 Å². The van der Waals surface area contributed by atoms with E-state index in [1.165, 1.54) is 38.5 Å². The lowest BCUT2D eigenvalue weighted by Crippen LogP contribution is -2.35. The summed E-state index contributed by atoms with van der Waals surface area (Å²) >= 11 is 0. The summed E-state index contributed by atoms with van der Waals surface area (Å²) in [5.41, 5.74) is 0.985. The molecule has 1 saturated carbocycles. The first-order valence-corrected chi connectivity index (χ1v) is 8.15. The zero-order chi connectivity index (χ0) is 14.2. The number of imidazole rings is 1. The molecule has 0 spiro atoms. The lowest BCUT2D eigenvalue weighted by atomic mass is 9.96. The van der Waals surface area contributed by atoms with E-state index in [2.05, 4.69) is 19.6 Å². The van der Waals surface area contributed by atoms with Gasteiger partial charge in [-0.3, -0.25) is 0 Å². The summed E-state index contributed by atoms with van der Waals surface area (Å²) in [4.78, 5) is 11.9. The smallest absolute Gasteiger partial charge is 0.180 e. The van der Waals surface area contributed by atoms with Gasteiger partial charge in [0.15, 0.2) is 11.5 Å². The van der Waals surface area contributed by atoms with Crippen molar-refractivity contribution in [3.05, 3.63) is 18.6 Å². The number of aromatic nitrogens is 3. The Balaban J connectivity index is 1.75. The van der Waals surface area contributed by atoms with Crippen LogP contribution in [0, 0.1) is 5.92 Å². The molecule has 112 valence electrons. The third-order valence-electron chi connectivity index (χ3n) is 5.13. The largest absolute Gasteiger partial charge is 0.372 e. The van der Waals surface area contributed by atoms with Crippen LogP contribution in [-0.2, 0) is 0 Å². The van der Waals surface area contributed by atoms with Crippen molar-refractivity contribution >= 4 is 17.3 Å². The Kier molecular flexibility index (Phi) is 3.20. The predicted octanol–water partition coefficient (Wildman–Crippen LogP) is 2.93. The summed E-state index contributed by atoms with van der Waals surface area (Å²) in [6.07, 6.45) is 14.0. The zero-order valence-corrected chi connectivity index (χ0v) is 12.6. The van der Waals surface area contributed by atoms with Gasteiger partial charge in [0.2, 0.25) is 0 Å². The number of rotatable bonds is 3. The standard InChI is InChI=1S/C16H23N5/c1-17-14-11-20-10-8-18-15(20)16(19-14)21-9-4-7-13(21)12-5-2-3-6-12/h8,10-13,17H,2-7,9H2,1H3. The summed E-state index contributed by atoms with van der Waals surface area (Å²) in [5.74, 6) is 2.82. The molecule has 1 unspecified atom stereocenters. The average molecular weight is 285 g/mol. The second kappa shape index (κ2) is 5.20. The number of nitrogens with one attached hydrogen (secondary N) is 1. The van der Waals surface area contributed by atoms with E-state index in [1.807, 2.05) is 25.6 Å². The monoisotopic (exact) mass is 285 g/mol. The molecule has 1 aliphatic heterocycles. The fraction of sp³-hybridized carbons (Fsp3) is 0.625. The Morgan fingerprint density at radius 1 is 1.19 bits per heavy atom. The van der Waals surface area contributed by atoms with E-state index in [-0.39, 0.29) is 0 Å². The SMILES string of the molecule is CNc1cn2ccnc2c(N2CCCC2C2CCCC2)n1. The molecule has 0 aromatic carbocycles. The second-order valence-corrected chi connectivity index (χ2v) is 6.31. The second-order valence-electron chi connectivity index (χ2n) is 6.31. The summed E-state index contributed by atoms with van der Waals surface area (Å²) in [7, 11) is 1.92. The zero-order valence-electron chi connectivity index (χ0n) is 12.6. The van der Waals surface area contributed by atoms with Gasteiger partial charge in [0.1, 0.15) is 5.82 Å². The lowest BCUT2D eigenvalue weighted by molar-refractivity contribution is 0.429. The van der Waals surface area contributed by atoms with E-state index < -0.39 is 0 Å². The summed E-state index contributed by atoms with van der Waals surface area (Å²) in [5, 5.41) is 3.17. The molecule has 1 saturated heterocycles. The first-order valence-electron chi connectivity index (χ1n) is 8.15. The highest BCUT2D eigenvalue weighted by molar-refractivity contribution is 5.67. The third kappa shape index (κ3) is 2.15. The molecular formula is C16H23N5. The molecule has 1 aliphatic carbocycles. The molecule has 2 aromatic heterocycles. The maximum atomic E-state index is 4.83. The van der Waals surface area contributed by atoms with E-state index >= 15 is 0 Å². The molecule has 5 nitrogen and oxygen atoms in total. The minimum atomic E-state index is 0.660. The van der Waals surface area contributed by atoms with E-state index in [9.17, 15) is 0 Å². The van der Waals surface area contributed by atoms with Crippen molar-refractivity contribution in [3.8, 4) is 0 Å². The van der Waals surface area contributed by atoms with Crippen LogP contribution in [0.1, 0.15) is 38.5 Å². The number of fused-ring (bicyclic) bond motifs is 1. The van der Waals surface area contributed by atoms with Crippen LogP contribution in [0.3, 0.4) is 0 Å². The number of anilines is 2. The fourth-order valence-corrected chi connectivity index (χ4v) is 4.12. The van der Waals surface area contributed by atoms with Crippen LogP contribution in [0.15, 0.2) is 18.6 Å². The first-order chi connectivity index (χ1) is 10.4. The quantitative estimate of drug-likeness (QED) is 0.942. The van der Waals surface area contributed by atoms with Crippen molar-refractivity contribution in [1.29, 1.82) is 0 Å². The van der Waals surface area contributed by atoms with Gasteiger partial charge >= 0.3 is 0 Å². The van der Waals surface area contributed by atoms with Gasteiger partial charge in [-0.2, -0.15) is 0 Å². The van der Waals surface area contributed by atoms with Gasteiger partial charge in [0.05, 0.1) is 6.20 Å². The molecule has 2 aliphatic rings. The average Bonchev–Trinajstić information content (AvgIpc) is 3.24. The minimum Gasteiger partial charge on any atom is -0.372 e. The first kappa shape index (κ1) is 12.9. The highest BCUT2D eigenvalue weighted by Gasteiger charge is 2.35. The summed E-state index contributed by atoms with van der Waals surface area (Å²) < 4.78 is 2.08. The fourth-order valence-electron chi connectivity index (χ4n) is 4.12. The Labute approximate surface area is 125 Å². The summed E-state index contributed by atoms with van der Waals surface area (Å²) in [6, 6.07) is 0.660. The van der Waals surface area contributed by atoms with Crippen molar-refractivity contribution < 1.29 is 0 Å². The highest BCUT2D eigenvalue weighted by Crippen LogP contribution is 2.38. The maximum Gasteiger partial charge on any atom is 0.180 e. The van der Waals surface area contributed by atoms with Crippen molar-refractivity contribution in [3.63, 3.8) is 0 Å². The topological polar surface area (TPSA) is 45.5 Å². The van der Waals surface area contributed by atoms with Crippen molar-refractivity contribution in [2.24, 2.45) is 5.92 Å². The molecule has 4 rings (SSSR count). The number of nitrogens with zero attached hydrogens (tertiary/aromatic N) is 4. The van der Waals surface area contributed by atoms with Gasteiger partial charge < -0.3 is 14.6 Å². The number of hydrogen-bond acceptors (Lipinski definition) is 4. The van der Waals surface area contributed by atoms with Crippen molar-refractivity contribution in [2.75, 3.05) is 23.8 Å². The third-order valence-corrected chi connectivity index (χ3v) is 5.13. The Morgan fingerprint density at radius 2 is 2.05 bits per heavy atom. The number of hydrogen-bond donors (Lipinski definition) is 1. The Morgan fingerprint density at radius 3 is 2.86 bits per heavy atom. The molecule has 21 heavy (non-hydrogen) atoms.